The van der Waals surface area contributed by atoms with Gasteiger partial charge in [-0.2, -0.15) is 10.1 Å². The third-order valence-electron chi connectivity index (χ3n) is 0.686. The van der Waals surface area contributed by atoms with E-state index in [0.29, 0.717) is 0 Å². The third-order valence-corrected chi connectivity index (χ3v) is 3.49. The van der Waals surface area contributed by atoms with E-state index < -0.39 is 0 Å². The SMILES string of the molecule is CC[SH](Cl)CC. The normalized spacial score (nSPS) is 11.5. The molecule has 0 amide bonds. The van der Waals surface area contributed by atoms with E-state index in [1.165, 1.54) is 0 Å². The standard InChI is InChI=1S/C4H11ClS/c1-3-6(5)4-2/h6H,3-4H2,1-2H3. The van der Waals surface area contributed by atoms with Gasteiger partial charge in [-0.1, -0.05) is 24.5 Å². The van der Waals surface area contributed by atoms with Crippen LogP contribution in [0.25, 0.3) is 0 Å². The Labute approximate surface area is 46.7 Å². The molecule has 0 radical (unpaired) electrons. The minimum atomic E-state index is -0.104. The second-order valence-corrected chi connectivity index (χ2v) is 4.72. The van der Waals surface area contributed by atoms with Crippen LogP contribution < -0.4 is 0 Å². The van der Waals surface area contributed by atoms with Crippen LogP contribution in [-0.4, -0.2) is 11.5 Å². The maximum Gasteiger partial charge on any atom is -0.0155 e. The zero-order chi connectivity index (χ0) is 4.99. The zero-order valence-electron chi connectivity index (χ0n) is 4.24. The van der Waals surface area contributed by atoms with Crippen molar-refractivity contribution in [2.24, 2.45) is 0 Å². The fraction of sp³-hybridized carbons (Fsp3) is 1.00. The van der Waals surface area contributed by atoms with Crippen LogP contribution in [0.3, 0.4) is 0 Å². The third kappa shape index (κ3) is 2.86. The number of halogens is 1. The predicted octanol–water partition coefficient (Wildman–Crippen LogP) is 2.18. The summed E-state index contributed by atoms with van der Waals surface area (Å²) in [6.45, 7) is 4.25. The Balaban J connectivity index is 2.75. The topological polar surface area (TPSA) is 0 Å². The van der Waals surface area contributed by atoms with Crippen molar-refractivity contribution in [1.82, 2.24) is 0 Å². The molecule has 0 aliphatic carbocycles. The van der Waals surface area contributed by atoms with Crippen LogP contribution >= 0.6 is 20.8 Å². The molecule has 0 N–H and O–H groups in total. The molecular weight excluding hydrogens is 116 g/mol. The molecule has 0 unspecified atom stereocenters. The summed E-state index contributed by atoms with van der Waals surface area (Å²) in [5.41, 5.74) is 0. The van der Waals surface area contributed by atoms with E-state index in [0.717, 1.165) is 11.5 Å². The van der Waals surface area contributed by atoms with Crippen molar-refractivity contribution in [1.29, 1.82) is 0 Å². The van der Waals surface area contributed by atoms with Gasteiger partial charge < -0.3 is 0 Å². The summed E-state index contributed by atoms with van der Waals surface area (Å²) in [4.78, 5) is 0. The molecular formula is C4H11ClS. The van der Waals surface area contributed by atoms with Gasteiger partial charge in [0, 0.05) is 0 Å². The van der Waals surface area contributed by atoms with Crippen molar-refractivity contribution in [3.05, 3.63) is 0 Å². The molecule has 0 bridgehead atoms. The molecule has 0 rings (SSSR count). The average molecular weight is 127 g/mol. The Bertz CT molecular complexity index is 26.7. The number of hydrogen-bond donors (Lipinski definition) is 1. The van der Waals surface area contributed by atoms with Crippen molar-refractivity contribution in [3.8, 4) is 0 Å². The zero-order valence-corrected chi connectivity index (χ0v) is 5.89. The number of thiol groups is 1. The Morgan fingerprint density at radius 1 is 1.33 bits per heavy atom. The lowest BCUT2D eigenvalue weighted by Gasteiger charge is -2.02. The second kappa shape index (κ2) is 3.82. The Hall–Kier alpha value is 0.640. The van der Waals surface area contributed by atoms with Crippen LogP contribution in [0, 0.1) is 0 Å². The van der Waals surface area contributed by atoms with Crippen molar-refractivity contribution >= 4 is 20.8 Å². The van der Waals surface area contributed by atoms with Crippen LogP contribution in [0.2, 0.25) is 0 Å². The number of hydrogen-bond acceptors (Lipinski definition) is 0. The Morgan fingerprint density at radius 3 is 1.67 bits per heavy atom. The van der Waals surface area contributed by atoms with E-state index in [-0.39, 0.29) is 10.1 Å². The van der Waals surface area contributed by atoms with Crippen molar-refractivity contribution in [3.63, 3.8) is 0 Å². The summed E-state index contributed by atoms with van der Waals surface area (Å²) in [6.07, 6.45) is 0. The first-order chi connectivity index (χ1) is 2.81. The quantitative estimate of drug-likeness (QED) is 0.539. The van der Waals surface area contributed by atoms with Crippen LogP contribution in [0.4, 0.5) is 0 Å². The van der Waals surface area contributed by atoms with Crippen LogP contribution in [0.15, 0.2) is 0 Å². The molecule has 0 spiro atoms. The van der Waals surface area contributed by atoms with Gasteiger partial charge in [-0.05, 0) is 11.5 Å². The summed E-state index contributed by atoms with van der Waals surface area (Å²) < 4.78 is 0. The summed E-state index contributed by atoms with van der Waals surface area (Å²) in [6, 6.07) is 0. The molecule has 0 aliphatic rings. The van der Waals surface area contributed by atoms with E-state index in [1.54, 1.807) is 0 Å². The largest absolute Gasteiger partial charge is 0.176 e. The Kier molecular flexibility index (Phi) is 4.22. The Morgan fingerprint density at radius 2 is 1.67 bits per heavy atom. The smallest absolute Gasteiger partial charge is 0.0155 e. The summed E-state index contributed by atoms with van der Waals surface area (Å²) in [5, 5.41) is 0. The lowest BCUT2D eigenvalue weighted by atomic mass is 11.0. The van der Waals surface area contributed by atoms with E-state index in [1.807, 2.05) is 0 Å². The number of rotatable bonds is 2. The van der Waals surface area contributed by atoms with Gasteiger partial charge in [0.1, 0.15) is 0 Å². The molecule has 0 nitrogen and oxygen atoms in total. The molecule has 2 heteroatoms. The molecule has 0 aromatic carbocycles. The van der Waals surface area contributed by atoms with E-state index in [2.05, 4.69) is 13.8 Å². The highest BCUT2D eigenvalue weighted by molar-refractivity contribution is 8.36. The lowest BCUT2D eigenvalue weighted by Crippen LogP contribution is -1.74. The van der Waals surface area contributed by atoms with Gasteiger partial charge in [0.15, 0.2) is 0 Å². The fourth-order valence-electron chi connectivity index (χ4n) is 0.224. The van der Waals surface area contributed by atoms with Gasteiger partial charge in [0.05, 0.1) is 0 Å². The van der Waals surface area contributed by atoms with E-state index in [4.69, 9.17) is 10.7 Å². The van der Waals surface area contributed by atoms with Gasteiger partial charge in [0.25, 0.3) is 0 Å². The molecule has 0 atom stereocenters. The van der Waals surface area contributed by atoms with Crippen LogP contribution in [0.1, 0.15) is 13.8 Å². The molecule has 40 valence electrons. The first-order valence-corrected chi connectivity index (χ1v) is 4.83. The van der Waals surface area contributed by atoms with E-state index in [9.17, 15) is 0 Å². The molecule has 6 heavy (non-hydrogen) atoms. The first-order valence-electron chi connectivity index (χ1n) is 2.22. The minimum Gasteiger partial charge on any atom is -0.176 e. The monoisotopic (exact) mass is 126 g/mol. The van der Waals surface area contributed by atoms with Gasteiger partial charge in [-0.3, -0.25) is 0 Å². The predicted molar refractivity (Wildman–Crippen MR) is 35.9 cm³/mol. The van der Waals surface area contributed by atoms with Gasteiger partial charge in [-0.25, -0.2) is 0 Å². The molecule has 0 heterocycles. The maximum absolute atomic E-state index is 5.71. The average Bonchev–Trinajstić information content (AvgIpc) is 1.65. The molecule has 0 saturated heterocycles. The van der Waals surface area contributed by atoms with E-state index >= 15 is 0 Å². The lowest BCUT2D eigenvalue weighted by molar-refractivity contribution is 1.46. The van der Waals surface area contributed by atoms with Crippen LogP contribution in [-0.2, 0) is 0 Å². The van der Waals surface area contributed by atoms with Crippen molar-refractivity contribution < 1.29 is 0 Å². The first kappa shape index (κ1) is 6.64. The highest BCUT2D eigenvalue weighted by atomic mass is 35.7. The highest BCUT2D eigenvalue weighted by Crippen LogP contribution is 2.28. The molecule has 0 aliphatic heterocycles. The van der Waals surface area contributed by atoms with Gasteiger partial charge >= 0.3 is 0 Å². The molecule has 0 aromatic rings. The van der Waals surface area contributed by atoms with Crippen molar-refractivity contribution in [2.75, 3.05) is 11.5 Å². The summed E-state index contributed by atoms with van der Waals surface area (Å²) in [5.74, 6) is 2.32. The van der Waals surface area contributed by atoms with Crippen molar-refractivity contribution in [2.45, 2.75) is 13.8 Å². The molecule has 0 aromatic heterocycles. The highest BCUT2D eigenvalue weighted by Gasteiger charge is 1.85. The maximum atomic E-state index is 5.71. The molecule has 0 fully saturated rings. The van der Waals surface area contributed by atoms with Gasteiger partial charge in [-0.15, -0.1) is 0 Å². The second-order valence-electron chi connectivity index (χ2n) is 1.10. The van der Waals surface area contributed by atoms with Gasteiger partial charge in [0.2, 0.25) is 0 Å². The minimum absolute atomic E-state index is 0.104. The summed E-state index contributed by atoms with van der Waals surface area (Å²) in [7, 11) is 5.61. The molecule has 0 saturated carbocycles. The summed E-state index contributed by atoms with van der Waals surface area (Å²) >= 11 is 0. The fourth-order valence-corrected chi connectivity index (χ4v) is 0.671. The van der Waals surface area contributed by atoms with Crippen LogP contribution in [0.5, 0.6) is 0 Å².